The van der Waals surface area contributed by atoms with Crippen LogP contribution in [0.2, 0.25) is 0 Å². The van der Waals surface area contributed by atoms with E-state index < -0.39 is 23.1 Å². The van der Waals surface area contributed by atoms with Crippen LogP contribution in [-0.4, -0.2) is 40.5 Å². The minimum Gasteiger partial charge on any atom is -0.407 e. The zero-order valence-electron chi connectivity index (χ0n) is 7.82. The summed E-state index contributed by atoms with van der Waals surface area (Å²) in [5.41, 5.74) is 0. The third-order valence-electron chi connectivity index (χ3n) is 1.85. The van der Waals surface area contributed by atoms with Crippen LogP contribution in [0.1, 0.15) is 0 Å². The number of nitro groups is 1. The highest BCUT2D eigenvalue weighted by Crippen LogP contribution is 2.09. The van der Waals surface area contributed by atoms with E-state index in [2.05, 4.69) is 5.10 Å². The molecule has 0 saturated carbocycles. The molecule has 0 aromatic carbocycles. The minimum absolute atomic E-state index is 0.0773. The summed E-state index contributed by atoms with van der Waals surface area (Å²) < 4.78 is 4.78. The van der Waals surface area contributed by atoms with Crippen molar-refractivity contribution in [3.8, 4) is 0 Å². The molecule has 84 valence electrons. The second-order valence-electron chi connectivity index (χ2n) is 3.00. The van der Waals surface area contributed by atoms with E-state index >= 15 is 0 Å². The van der Waals surface area contributed by atoms with Crippen molar-refractivity contribution in [2.24, 2.45) is 5.10 Å². The van der Waals surface area contributed by atoms with E-state index in [0.717, 1.165) is 5.01 Å². The Labute approximate surface area is 88.5 Å². The molecule has 2 rings (SSSR count). The third kappa shape index (κ3) is 1.82. The van der Waals surface area contributed by atoms with E-state index in [1.807, 2.05) is 5.32 Å². The molecule has 0 spiro atoms. The zero-order chi connectivity index (χ0) is 11.7. The van der Waals surface area contributed by atoms with Crippen molar-refractivity contribution in [2.45, 2.75) is 6.23 Å². The number of carbonyl (C=O) groups is 2. The molecule has 1 unspecified atom stereocenters. The summed E-state index contributed by atoms with van der Waals surface area (Å²) in [6.45, 7) is -0.220. The minimum atomic E-state index is -1.29. The summed E-state index contributed by atoms with van der Waals surface area (Å²) in [6, 6.07) is -0.681. The van der Waals surface area contributed by atoms with Crippen LogP contribution in [0.15, 0.2) is 17.3 Å². The second kappa shape index (κ2) is 3.61. The first-order valence-corrected chi connectivity index (χ1v) is 4.24. The molecular weight excluding hydrogens is 220 g/mol. The standard InChI is InChI=1S/C7H6N4O5/c12-4-3-10(7(13)8-4)9-5-1-2-6(16-5)11(14)15/h1-2,6H,3H2,(H,8,12,13). The lowest BCUT2D eigenvalue weighted by atomic mass is 10.5. The van der Waals surface area contributed by atoms with Crippen LogP contribution < -0.4 is 5.32 Å². The maximum Gasteiger partial charge on any atom is 0.375 e. The van der Waals surface area contributed by atoms with Gasteiger partial charge in [0.15, 0.2) is 0 Å². The van der Waals surface area contributed by atoms with Gasteiger partial charge in [-0.05, 0) is 0 Å². The van der Waals surface area contributed by atoms with Gasteiger partial charge in [-0.15, -0.1) is 5.10 Å². The van der Waals surface area contributed by atoms with Gasteiger partial charge in [-0.1, -0.05) is 0 Å². The molecule has 1 N–H and O–H groups in total. The first-order valence-electron chi connectivity index (χ1n) is 4.24. The number of nitrogens with one attached hydrogen (secondary N) is 1. The number of hydrogen-bond donors (Lipinski definition) is 1. The number of carbonyl (C=O) groups excluding carboxylic acids is 2. The fourth-order valence-electron chi connectivity index (χ4n) is 1.17. The van der Waals surface area contributed by atoms with E-state index in [1.165, 1.54) is 12.2 Å². The summed E-state index contributed by atoms with van der Waals surface area (Å²) in [7, 11) is 0. The molecule has 16 heavy (non-hydrogen) atoms. The molecule has 9 nitrogen and oxygen atoms in total. The Morgan fingerprint density at radius 2 is 2.38 bits per heavy atom. The number of rotatable bonds is 2. The van der Waals surface area contributed by atoms with Crippen molar-refractivity contribution in [3.63, 3.8) is 0 Å². The lowest BCUT2D eigenvalue weighted by molar-refractivity contribution is -0.549. The number of ether oxygens (including phenoxy) is 1. The van der Waals surface area contributed by atoms with Crippen molar-refractivity contribution in [1.82, 2.24) is 10.3 Å². The van der Waals surface area contributed by atoms with Crippen molar-refractivity contribution >= 4 is 17.8 Å². The van der Waals surface area contributed by atoms with Crippen LogP contribution in [0.5, 0.6) is 0 Å². The topological polar surface area (TPSA) is 114 Å². The van der Waals surface area contributed by atoms with E-state index in [4.69, 9.17) is 4.74 Å². The Hall–Kier alpha value is -2.45. The predicted molar refractivity (Wildman–Crippen MR) is 48.7 cm³/mol. The molecule has 2 heterocycles. The molecule has 3 amide bonds. The molecule has 0 radical (unpaired) electrons. The maximum absolute atomic E-state index is 11.1. The Morgan fingerprint density at radius 3 is 2.88 bits per heavy atom. The number of nitrogens with zero attached hydrogens (tertiary/aromatic N) is 3. The molecule has 0 aromatic heterocycles. The molecular formula is C7H6N4O5. The van der Waals surface area contributed by atoms with Crippen LogP contribution in [0.25, 0.3) is 0 Å². The molecule has 1 atom stereocenters. The number of hydrogen-bond acceptors (Lipinski definition) is 6. The molecule has 1 saturated heterocycles. The zero-order valence-corrected chi connectivity index (χ0v) is 7.82. The van der Waals surface area contributed by atoms with Gasteiger partial charge in [-0.25, -0.2) is 9.80 Å². The van der Waals surface area contributed by atoms with E-state index in [-0.39, 0.29) is 12.4 Å². The molecule has 2 aliphatic rings. The SMILES string of the molecule is O=C1CN(N=C2C=CC([N+](=O)[O-])O2)C(=O)N1. The van der Waals surface area contributed by atoms with Crippen molar-refractivity contribution in [2.75, 3.05) is 6.54 Å². The second-order valence-corrected chi connectivity index (χ2v) is 3.00. The Balaban J connectivity index is 2.05. The first kappa shape index (κ1) is 10.1. The highest BCUT2D eigenvalue weighted by Gasteiger charge is 2.30. The van der Waals surface area contributed by atoms with Crippen LogP contribution in [0, 0.1) is 10.1 Å². The van der Waals surface area contributed by atoms with Crippen molar-refractivity contribution in [1.29, 1.82) is 0 Å². The van der Waals surface area contributed by atoms with Crippen LogP contribution in [0.4, 0.5) is 4.79 Å². The fraction of sp³-hybridized carbons (Fsp3) is 0.286. The lowest BCUT2D eigenvalue weighted by Crippen LogP contribution is -2.26. The molecule has 2 aliphatic heterocycles. The van der Waals surface area contributed by atoms with Crippen LogP contribution in [-0.2, 0) is 9.53 Å². The highest BCUT2D eigenvalue weighted by atomic mass is 16.7. The monoisotopic (exact) mass is 226 g/mol. The van der Waals surface area contributed by atoms with Crippen molar-refractivity contribution < 1.29 is 19.2 Å². The smallest absolute Gasteiger partial charge is 0.375 e. The largest absolute Gasteiger partial charge is 0.407 e. The predicted octanol–water partition coefficient (Wildman–Crippen LogP) is -0.959. The van der Waals surface area contributed by atoms with Gasteiger partial charge in [-0.2, -0.15) is 0 Å². The van der Waals surface area contributed by atoms with Gasteiger partial charge in [0.25, 0.3) is 0 Å². The van der Waals surface area contributed by atoms with Crippen LogP contribution >= 0.6 is 0 Å². The summed E-state index contributed by atoms with van der Waals surface area (Å²) >= 11 is 0. The number of urea groups is 1. The highest BCUT2D eigenvalue weighted by molar-refractivity contribution is 6.02. The fourth-order valence-corrected chi connectivity index (χ4v) is 1.17. The summed E-state index contributed by atoms with van der Waals surface area (Å²) in [5, 5.41) is 16.8. The van der Waals surface area contributed by atoms with Gasteiger partial charge in [0, 0.05) is 12.2 Å². The van der Waals surface area contributed by atoms with E-state index in [0.29, 0.717) is 0 Å². The number of hydrazone groups is 1. The normalized spacial score (nSPS) is 26.1. The van der Waals surface area contributed by atoms with Gasteiger partial charge in [0.1, 0.15) is 6.54 Å². The summed E-state index contributed by atoms with van der Waals surface area (Å²) in [6.07, 6.45) is 1.16. The Kier molecular flexibility index (Phi) is 2.27. The van der Waals surface area contributed by atoms with Crippen molar-refractivity contribution in [3.05, 3.63) is 22.3 Å². The number of amides is 3. The summed E-state index contributed by atoms with van der Waals surface area (Å²) in [5.74, 6) is -0.561. The molecule has 1 fully saturated rings. The van der Waals surface area contributed by atoms with Gasteiger partial charge in [0.2, 0.25) is 11.8 Å². The van der Waals surface area contributed by atoms with Crippen LogP contribution in [0.3, 0.4) is 0 Å². The Bertz CT molecular complexity index is 428. The third-order valence-corrected chi connectivity index (χ3v) is 1.85. The first-order chi connectivity index (χ1) is 7.56. The van der Waals surface area contributed by atoms with Gasteiger partial charge in [0.05, 0.1) is 4.92 Å². The lowest BCUT2D eigenvalue weighted by Gasteiger charge is -2.06. The van der Waals surface area contributed by atoms with E-state index in [9.17, 15) is 19.7 Å². The maximum atomic E-state index is 11.1. The summed E-state index contributed by atoms with van der Waals surface area (Å²) in [4.78, 5) is 31.5. The molecule has 0 bridgehead atoms. The molecule has 9 heteroatoms. The number of imide groups is 1. The van der Waals surface area contributed by atoms with Gasteiger partial charge >= 0.3 is 12.3 Å². The Morgan fingerprint density at radius 1 is 1.62 bits per heavy atom. The van der Waals surface area contributed by atoms with Gasteiger partial charge < -0.3 is 4.74 Å². The average Bonchev–Trinajstić information content (AvgIpc) is 2.75. The molecule has 0 aromatic rings. The van der Waals surface area contributed by atoms with Gasteiger partial charge in [-0.3, -0.25) is 20.2 Å². The van der Waals surface area contributed by atoms with E-state index in [1.54, 1.807) is 0 Å². The molecule has 0 aliphatic carbocycles. The quantitative estimate of drug-likeness (QED) is 0.370. The average molecular weight is 226 g/mol.